The average Bonchev–Trinajstić information content (AvgIpc) is 2.89. The van der Waals surface area contributed by atoms with Crippen molar-refractivity contribution >= 4 is 28.5 Å². The fourth-order valence-corrected chi connectivity index (χ4v) is 4.44. The number of benzene rings is 4. The molecular formula is C33H35N3. The van der Waals surface area contributed by atoms with Gasteiger partial charge in [0.25, 0.3) is 0 Å². The number of nitrogens with zero attached hydrogens (tertiary/aromatic N) is 3. The normalized spacial score (nSPS) is 10.6. The Labute approximate surface area is 216 Å². The Hall–Kier alpha value is -4.07. The Bertz CT molecular complexity index is 1310. The number of aryl methyl sites for hydroxylation is 1. The van der Waals surface area contributed by atoms with Crippen molar-refractivity contribution in [3.63, 3.8) is 0 Å². The number of hydrogen-bond donors (Lipinski definition) is 0. The van der Waals surface area contributed by atoms with Crippen LogP contribution in [-0.4, -0.2) is 34.1 Å². The zero-order valence-electron chi connectivity index (χ0n) is 22.2. The number of para-hydroxylation sites is 1. The summed E-state index contributed by atoms with van der Waals surface area (Å²) in [5.41, 5.74) is 10.3. The molecule has 4 rings (SSSR count). The SMILES string of the molecule is CC(=C=Nc1c(C)cccc1C(c1ccc(N(C)C)cc1)c1ccc(N(C)C)cc1)c1ccccc1. The lowest BCUT2D eigenvalue weighted by atomic mass is 9.83. The first-order valence-corrected chi connectivity index (χ1v) is 12.3. The van der Waals surface area contributed by atoms with Crippen molar-refractivity contribution in [2.75, 3.05) is 38.0 Å². The number of aliphatic imine (C=N–C) groups is 1. The summed E-state index contributed by atoms with van der Waals surface area (Å²) in [5.74, 6) is 3.38. The summed E-state index contributed by atoms with van der Waals surface area (Å²) >= 11 is 0. The molecule has 0 aliphatic heterocycles. The molecule has 0 saturated heterocycles. The third-order valence-electron chi connectivity index (χ3n) is 6.61. The quantitative estimate of drug-likeness (QED) is 0.202. The van der Waals surface area contributed by atoms with Crippen molar-refractivity contribution in [2.45, 2.75) is 19.8 Å². The van der Waals surface area contributed by atoms with Crippen molar-refractivity contribution in [1.29, 1.82) is 0 Å². The third kappa shape index (κ3) is 5.59. The second kappa shape index (κ2) is 11.1. The largest absolute Gasteiger partial charge is 0.378 e. The van der Waals surface area contributed by atoms with Gasteiger partial charge in [-0.15, -0.1) is 0 Å². The van der Waals surface area contributed by atoms with Gasteiger partial charge in [0.1, 0.15) is 0 Å². The minimum absolute atomic E-state index is 0.0508. The summed E-state index contributed by atoms with van der Waals surface area (Å²) in [7, 11) is 8.28. The van der Waals surface area contributed by atoms with Crippen molar-refractivity contribution < 1.29 is 0 Å². The fraction of sp³-hybridized carbons (Fsp3) is 0.212. The predicted molar refractivity (Wildman–Crippen MR) is 156 cm³/mol. The Morgan fingerprint density at radius 3 is 1.69 bits per heavy atom. The van der Waals surface area contributed by atoms with E-state index in [4.69, 9.17) is 4.99 Å². The molecule has 0 radical (unpaired) electrons. The third-order valence-corrected chi connectivity index (χ3v) is 6.61. The van der Waals surface area contributed by atoms with Gasteiger partial charge in [0.05, 0.1) is 5.69 Å². The van der Waals surface area contributed by atoms with Gasteiger partial charge in [-0.25, -0.2) is 4.99 Å². The van der Waals surface area contributed by atoms with E-state index in [2.05, 4.69) is 137 Å². The minimum atomic E-state index is 0.0508. The molecule has 0 spiro atoms. The maximum Gasteiger partial charge on any atom is 0.0800 e. The standard InChI is InChI=1S/C33H35N3/c1-24-11-10-14-31(33(24)34-23-25(2)26-12-8-7-9-13-26)32(27-15-19-29(20-16-27)35(3)4)28-17-21-30(22-18-28)36(5)6/h7-22,32H,1-6H3. The maximum atomic E-state index is 4.94. The van der Waals surface area contributed by atoms with E-state index in [1.165, 1.54) is 28.1 Å². The minimum Gasteiger partial charge on any atom is -0.378 e. The van der Waals surface area contributed by atoms with Gasteiger partial charge < -0.3 is 9.80 Å². The molecule has 3 nitrogen and oxygen atoms in total. The molecule has 36 heavy (non-hydrogen) atoms. The summed E-state index contributed by atoms with van der Waals surface area (Å²) in [6.45, 7) is 4.19. The second-order valence-electron chi connectivity index (χ2n) is 9.63. The molecular weight excluding hydrogens is 438 g/mol. The zero-order chi connectivity index (χ0) is 25.7. The summed E-state index contributed by atoms with van der Waals surface area (Å²) in [5, 5.41) is 0. The predicted octanol–water partition coefficient (Wildman–Crippen LogP) is 7.71. The van der Waals surface area contributed by atoms with Gasteiger partial charge in [0.2, 0.25) is 0 Å². The van der Waals surface area contributed by atoms with E-state index in [9.17, 15) is 0 Å². The van der Waals surface area contributed by atoms with Crippen LogP contribution in [0.15, 0.2) is 102 Å². The first kappa shape index (κ1) is 25.0. The average molecular weight is 474 g/mol. The Kier molecular flexibility index (Phi) is 7.73. The monoisotopic (exact) mass is 473 g/mol. The lowest BCUT2D eigenvalue weighted by Crippen LogP contribution is -2.10. The zero-order valence-corrected chi connectivity index (χ0v) is 22.2. The van der Waals surface area contributed by atoms with Crippen LogP contribution in [0.1, 0.15) is 40.7 Å². The molecule has 0 unspecified atom stereocenters. The fourth-order valence-electron chi connectivity index (χ4n) is 4.44. The molecule has 0 aliphatic carbocycles. The van der Waals surface area contributed by atoms with Crippen LogP contribution in [0, 0.1) is 6.92 Å². The highest BCUT2D eigenvalue weighted by Crippen LogP contribution is 2.39. The smallest absolute Gasteiger partial charge is 0.0800 e. The van der Waals surface area contributed by atoms with E-state index in [0.717, 1.165) is 22.4 Å². The van der Waals surface area contributed by atoms with Crippen molar-refractivity contribution in [1.82, 2.24) is 0 Å². The van der Waals surface area contributed by atoms with E-state index in [1.807, 2.05) is 18.2 Å². The number of anilines is 2. The molecule has 0 bridgehead atoms. The lowest BCUT2D eigenvalue weighted by Gasteiger charge is -2.23. The number of hydrogen-bond acceptors (Lipinski definition) is 3. The van der Waals surface area contributed by atoms with Gasteiger partial charge in [-0.2, -0.15) is 0 Å². The Balaban J connectivity index is 1.88. The van der Waals surface area contributed by atoms with E-state index in [0.29, 0.717) is 0 Å². The van der Waals surface area contributed by atoms with Crippen LogP contribution in [0.2, 0.25) is 0 Å². The van der Waals surface area contributed by atoms with Crippen LogP contribution < -0.4 is 9.80 Å². The molecule has 3 heteroatoms. The molecule has 0 aliphatic rings. The van der Waals surface area contributed by atoms with E-state index >= 15 is 0 Å². The van der Waals surface area contributed by atoms with Crippen molar-refractivity contribution in [3.8, 4) is 0 Å². The molecule has 0 aromatic heterocycles. The summed E-state index contributed by atoms with van der Waals surface area (Å²) in [6.07, 6.45) is 0. The summed E-state index contributed by atoms with van der Waals surface area (Å²) in [4.78, 5) is 9.20. The topological polar surface area (TPSA) is 18.8 Å². The molecule has 4 aromatic carbocycles. The second-order valence-corrected chi connectivity index (χ2v) is 9.63. The molecule has 182 valence electrons. The first-order chi connectivity index (χ1) is 17.3. The van der Waals surface area contributed by atoms with E-state index < -0.39 is 0 Å². The highest BCUT2D eigenvalue weighted by molar-refractivity contribution is 5.90. The van der Waals surface area contributed by atoms with Crippen LogP contribution in [-0.2, 0) is 0 Å². The van der Waals surface area contributed by atoms with Gasteiger partial charge in [0, 0.05) is 51.1 Å². The number of rotatable bonds is 7. The molecule has 0 atom stereocenters. The van der Waals surface area contributed by atoms with Crippen LogP contribution in [0.4, 0.5) is 17.1 Å². The summed E-state index contributed by atoms with van der Waals surface area (Å²) < 4.78 is 0. The van der Waals surface area contributed by atoms with Crippen molar-refractivity contribution in [2.24, 2.45) is 4.99 Å². The van der Waals surface area contributed by atoms with Crippen LogP contribution in [0.3, 0.4) is 0 Å². The molecule has 0 saturated carbocycles. The molecule has 0 amide bonds. The van der Waals surface area contributed by atoms with E-state index in [-0.39, 0.29) is 5.92 Å². The molecule has 0 heterocycles. The number of allylic oxidation sites excluding steroid dienone is 1. The van der Waals surface area contributed by atoms with Gasteiger partial charge in [-0.1, -0.05) is 72.8 Å². The summed E-state index contributed by atoms with van der Waals surface area (Å²) in [6, 6.07) is 34.5. The maximum absolute atomic E-state index is 4.94. The molecule has 4 aromatic rings. The van der Waals surface area contributed by atoms with Crippen LogP contribution >= 0.6 is 0 Å². The van der Waals surface area contributed by atoms with Gasteiger partial charge in [-0.3, -0.25) is 0 Å². The lowest BCUT2D eigenvalue weighted by molar-refractivity contribution is 0.969. The van der Waals surface area contributed by atoms with Crippen LogP contribution in [0.5, 0.6) is 0 Å². The Morgan fingerprint density at radius 2 is 1.19 bits per heavy atom. The molecule has 0 N–H and O–H groups in total. The van der Waals surface area contributed by atoms with Gasteiger partial charge >= 0.3 is 0 Å². The highest BCUT2D eigenvalue weighted by Gasteiger charge is 2.21. The van der Waals surface area contributed by atoms with E-state index in [1.54, 1.807) is 0 Å². The van der Waals surface area contributed by atoms with Gasteiger partial charge in [-0.05, 0) is 71.8 Å². The molecule has 0 fully saturated rings. The van der Waals surface area contributed by atoms with Crippen molar-refractivity contribution in [3.05, 3.63) is 125 Å². The highest BCUT2D eigenvalue weighted by atomic mass is 15.1. The first-order valence-electron chi connectivity index (χ1n) is 12.3. The van der Waals surface area contributed by atoms with Crippen LogP contribution in [0.25, 0.3) is 5.57 Å². The van der Waals surface area contributed by atoms with Gasteiger partial charge in [0.15, 0.2) is 0 Å². The Morgan fingerprint density at radius 1 is 0.667 bits per heavy atom.